The molecule has 0 aliphatic carbocycles. The van der Waals surface area contributed by atoms with Gasteiger partial charge in [-0.25, -0.2) is 4.39 Å². The van der Waals surface area contributed by atoms with Crippen LogP contribution < -0.4 is 5.32 Å². The topological polar surface area (TPSA) is 29.9 Å². The van der Waals surface area contributed by atoms with E-state index in [1.54, 1.807) is 6.07 Å². The van der Waals surface area contributed by atoms with Gasteiger partial charge in [-0.05, 0) is 30.7 Å². The summed E-state index contributed by atoms with van der Waals surface area (Å²) in [4.78, 5) is 0. The molecule has 1 aromatic carbocycles. The van der Waals surface area contributed by atoms with Crippen molar-refractivity contribution in [1.29, 1.82) is 0 Å². The van der Waals surface area contributed by atoms with E-state index in [9.17, 15) is 4.39 Å². The van der Waals surface area contributed by atoms with Crippen LogP contribution in [0.2, 0.25) is 0 Å². The number of benzene rings is 1. The van der Waals surface area contributed by atoms with Crippen LogP contribution in [-0.4, -0.2) is 16.3 Å². The lowest BCUT2D eigenvalue weighted by molar-refractivity contribution is 0.536. The van der Waals surface area contributed by atoms with Gasteiger partial charge in [-0.2, -0.15) is 5.10 Å². The van der Waals surface area contributed by atoms with Gasteiger partial charge in [0.15, 0.2) is 0 Å². The summed E-state index contributed by atoms with van der Waals surface area (Å²) in [6.45, 7) is 5.82. The van der Waals surface area contributed by atoms with Gasteiger partial charge in [0.1, 0.15) is 5.82 Å². The van der Waals surface area contributed by atoms with Gasteiger partial charge in [-0.3, -0.25) is 4.68 Å². The molecule has 2 rings (SSSR count). The maximum absolute atomic E-state index is 13.1. The molecule has 1 N–H and O–H groups in total. The van der Waals surface area contributed by atoms with E-state index in [1.807, 2.05) is 17.1 Å². The van der Waals surface area contributed by atoms with Gasteiger partial charge in [-0.15, -0.1) is 0 Å². The second-order valence-corrected chi connectivity index (χ2v) is 5.58. The van der Waals surface area contributed by atoms with E-state index >= 15 is 0 Å². The van der Waals surface area contributed by atoms with Crippen molar-refractivity contribution < 1.29 is 4.39 Å². The number of hydrogen-bond acceptors (Lipinski definition) is 2. The molecule has 1 aromatic heterocycles. The molecule has 0 spiro atoms. The summed E-state index contributed by atoms with van der Waals surface area (Å²) < 4.78 is 15.7. The second-order valence-electron chi connectivity index (χ2n) is 4.73. The number of halogens is 2. The summed E-state index contributed by atoms with van der Waals surface area (Å²) in [5.74, 6) is -0.236. The Bertz CT molecular complexity index is 568. The van der Waals surface area contributed by atoms with Crippen molar-refractivity contribution >= 4 is 15.9 Å². The number of nitrogens with one attached hydrogen (secondary N) is 1. The van der Waals surface area contributed by atoms with Gasteiger partial charge >= 0.3 is 0 Å². The van der Waals surface area contributed by atoms with Crippen LogP contribution in [-0.2, 0) is 6.54 Å². The standard InChI is InChI=1S/C15H19BrFN3/c1-3-15(18-4-2)12-8-19-20(10-12)9-11-5-6-13(17)7-14(11)16/h5-8,10,15,18H,3-4,9H2,1-2H3. The third-order valence-corrected chi connectivity index (χ3v) is 4.00. The first-order valence-corrected chi connectivity index (χ1v) is 7.63. The van der Waals surface area contributed by atoms with Crippen LogP contribution in [0.15, 0.2) is 35.1 Å². The van der Waals surface area contributed by atoms with Gasteiger partial charge in [-0.1, -0.05) is 35.8 Å². The van der Waals surface area contributed by atoms with E-state index in [1.165, 1.54) is 17.7 Å². The van der Waals surface area contributed by atoms with Crippen LogP contribution in [0.25, 0.3) is 0 Å². The number of hydrogen-bond donors (Lipinski definition) is 1. The average molecular weight is 340 g/mol. The van der Waals surface area contributed by atoms with E-state index < -0.39 is 0 Å². The summed E-state index contributed by atoms with van der Waals surface area (Å²) >= 11 is 3.39. The maximum atomic E-state index is 13.1. The zero-order valence-electron chi connectivity index (χ0n) is 11.7. The fourth-order valence-electron chi connectivity index (χ4n) is 2.21. The first-order chi connectivity index (χ1) is 9.63. The molecule has 0 saturated carbocycles. The summed E-state index contributed by atoms with van der Waals surface area (Å²) in [6.07, 6.45) is 4.97. The van der Waals surface area contributed by atoms with E-state index in [4.69, 9.17) is 0 Å². The fraction of sp³-hybridized carbons (Fsp3) is 0.400. The number of aromatic nitrogens is 2. The first kappa shape index (κ1) is 15.2. The van der Waals surface area contributed by atoms with Crippen molar-refractivity contribution in [2.75, 3.05) is 6.54 Å². The van der Waals surface area contributed by atoms with Crippen molar-refractivity contribution in [3.63, 3.8) is 0 Å². The van der Waals surface area contributed by atoms with Crippen LogP contribution >= 0.6 is 15.9 Å². The molecule has 0 aliphatic heterocycles. The molecule has 0 bridgehead atoms. The van der Waals surface area contributed by atoms with E-state index in [0.29, 0.717) is 12.6 Å². The molecule has 1 heterocycles. The van der Waals surface area contributed by atoms with Crippen molar-refractivity contribution in [1.82, 2.24) is 15.1 Å². The van der Waals surface area contributed by atoms with Crippen molar-refractivity contribution in [2.45, 2.75) is 32.9 Å². The molecule has 1 unspecified atom stereocenters. The van der Waals surface area contributed by atoms with Crippen LogP contribution in [0.4, 0.5) is 4.39 Å². The Morgan fingerprint density at radius 3 is 2.85 bits per heavy atom. The Labute approximate surface area is 127 Å². The molecular weight excluding hydrogens is 321 g/mol. The smallest absolute Gasteiger partial charge is 0.124 e. The van der Waals surface area contributed by atoms with Crippen LogP contribution in [0.5, 0.6) is 0 Å². The lowest BCUT2D eigenvalue weighted by Crippen LogP contribution is -2.19. The molecule has 3 nitrogen and oxygen atoms in total. The van der Waals surface area contributed by atoms with Gasteiger partial charge in [0.2, 0.25) is 0 Å². The van der Waals surface area contributed by atoms with Gasteiger partial charge in [0.05, 0.1) is 12.7 Å². The van der Waals surface area contributed by atoms with Crippen LogP contribution in [0.1, 0.15) is 37.4 Å². The highest BCUT2D eigenvalue weighted by Crippen LogP contribution is 2.20. The predicted molar refractivity (Wildman–Crippen MR) is 82.1 cm³/mol. The normalized spacial score (nSPS) is 12.6. The SMILES string of the molecule is CCNC(CC)c1cnn(Cc2ccc(F)cc2Br)c1. The molecule has 0 amide bonds. The van der Waals surface area contributed by atoms with Crippen molar-refractivity contribution in [3.8, 4) is 0 Å². The highest BCUT2D eigenvalue weighted by atomic mass is 79.9. The minimum atomic E-state index is -0.236. The summed E-state index contributed by atoms with van der Waals surface area (Å²) in [6, 6.07) is 5.07. The summed E-state index contributed by atoms with van der Waals surface area (Å²) in [7, 11) is 0. The minimum absolute atomic E-state index is 0.236. The van der Waals surface area contributed by atoms with Gasteiger partial charge < -0.3 is 5.32 Å². The third-order valence-electron chi connectivity index (χ3n) is 3.26. The largest absolute Gasteiger partial charge is 0.310 e. The highest BCUT2D eigenvalue weighted by Gasteiger charge is 2.11. The molecular formula is C15H19BrFN3. The Balaban J connectivity index is 2.12. The summed E-state index contributed by atoms with van der Waals surface area (Å²) in [5, 5.41) is 7.82. The Morgan fingerprint density at radius 2 is 2.20 bits per heavy atom. The number of nitrogens with zero attached hydrogens (tertiary/aromatic N) is 2. The Hall–Kier alpha value is -1.20. The molecule has 2 aromatic rings. The molecule has 20 heavy (non-hydrogen) atoms. The van der Waals surface area contributed by atoms with Crippen LogP contribution in [0.3, 0.4) is 0 Å². The van der Waals surface area contributed by atoms with Gasteiger partial charge in [0, 0.05) is 22.3 Å². The molecule has 0 radical (unpaired) electrons. The molecule has 0 saturated heterocycles. The lowest BCUT2D eigenvalue weighted by atomic mass is 10.1. The molecule has 1 atom stereocenters. The van der Waals surface area contributed by atoms with E-state index in [0.717, 1.165) is 23.0 Å². The quantitative estimate of drug-likeness (QED) is 0.865. The van der Waals surface area contributed by atoms with E-state index in [2.05, 4.69) is 40.2 Å². The van der Waals surface area contributed by atoms with Crippen molar-refractivity contribution in [2.24, 2.45) is 0 Å². The zero-order valence-corrected chi connectivity index (χ0v) is 13.3. The van der Waals surface area contributed by atoms with Gasteiger partial charge in [0.25, 0.3) is 0 Å². The monoisotopic (exact) mass is 339 g/mol. The molecule has 0 aliphatic rings. The summed E-state index contributed by atoms with van der Waals surface area (Å²) in [5.41, 5.74) is 2.20. The Morgan fingerprint density at radius 1 is 1.40 bits per heavy atom. The molecule has 5 heteroatoms. The second kappa shape index (κ2) is 6.99. The van der Waals surface area contributed by atoms with E-state index in [-0.39, 0.29) is 5.82 Å². The zero-order chi connectivity index (χ0) is 14.5. The fourth-order valence-corrected chi connectivity index (χ4v) is 2.69. The first-order valence-electron chi connectivity index (χ1n) is 6.83. The maximum Gasteiger partial charge on any atom is 0.124 e. The third kappa shape index (κ3) is 3.67. The lowest BCUT2D eigenvalue weighted by Gasteiger charge is -2.13. The average Bonchev–Trinajstić information content (AvgIpc) is 2.87. The minimum Gasteiger partial charge on any atom is -0.310 e. The van der Waals surface area contributed by atoms with Crippen molar-refractivity contribution in [3.05, 3.63) is 52.0 Å². The Kier molecular flexibility index (Phi) is 5.31. The molecule has 108 valence electrons. The molecule has 0 fully saturated rings. The number of rotatable bonds is 6. The highest BCUT2D eigenvalue weighted by molar-refractivity contribution is 9.10. The van der Waals surface area contributed by atoms with Crippen LogP contribution in [0, 0.1) is 5.82 Å². The predicted octanol–water partition coefficient (Wildman–Crippen LogP) is 3.89.